The Balaban J connectivity index is 2.80. The van der Waals surface area contributed by atoms with E-state index in [0.29, 0.717) is 26.2 Å². The molecule has 0 amide bonds. The van der Waals surface area contributed by atoms with E-state index in [-0.39, 0.29) is 6.54 Å². The molecule has 0 unspecified atom stereocenters. The number of nitrogens with zero attached hydrogens (tertiary/aromatic N) is 2. The quantitative estimate of drug-likeness (QED) is 0.520. The molecule has 10 heteroatoms. The molecule has 0 bridgehead atoms. The smallest absolute Gasteiger partial charge is 0.330 e. The number of nitrogens with two attached hydrogens (primary N) is 1. The SMILES string of the molecule is Cn1cc(S(=O)(=O)NCCCOCCN)c(=O)n(C)c1=O. The van der Waals surface area contributed by atoms with E-state index in [1.807, 2.05) is 0 Å². The first-order valence-electron chi connectivity index (χ1n) is 6.35. The average molecular weight is 320 g/mol. The lowest BCUT2D eigenvalue weighted by molar-refractivity contribution is 0.140. The molecule has 0 aliphatic rings. The summed E-state index contributed by atoms with van der Waals surface area (Å²) in [6, 6.07) is 0. The fourth-order valence-corrected chi connectivity index (χ4v) is 2.84. The van der Waals surface area contributed by atoms with Gasteiger partial charge in [0.2, 0.25) is 10.0 Å². The molecule has 0 radical (unpaired) electrons. The van der Waals surface area contributed by atoms with Crippen LogP contribution in [0.25, 0.3) is 0 Å². The zero-order chi connectivity index (χ0) is 16.0. The van der Waals surface area contributed by atoms with Gasteiger partial charge in [0, 0.05) is 40.0 Å². The summed E-state index contributed by atoms with van der Waals surface area (Å²) < 4.78 is 33.3. The van der Waals surface area contributed by atoms with Crippen molar-refractivity contribution in [3.8, 4) is 0 Å². The maximum Gasteiger partial charge on any atom is 0.330 e. The molecule has 0 spiro atoms. The third-order valence-electron chi connectivity index (χ3n) is 2.72. The Hall–Kier alpha value is -1.49. The topological polar surface area (TPSA) is 125 Å². The molecule has 1 aromatic heterocycles. The summed E-state index contributed by atoms with van der Waals surface area (Å²) in [5.41, 5.74) is 3.80. The lowest BCUT2D eigenvalue weighted by atomic mass is 10.5. The Morgan fingerprint density at radius 2 is 1.95 bits per heavy atom. The largest absolute Gasteiger partial charge is 0.380 e. The second-order valence-electron chi connectivity index (χ2n) is 4.40. The average Bonchev–Trinajstić information content (AvgIpc) is 2.44. The first-order chi connectivity index (χ1) is 9.81. The number of aryl methyl sites for hydroxylation is 1. The Labute approximate surface area is 122 Å². The molecule has 0 aliphatic carbocycles. The van der Waals surface area contributed by atoms with Crippen molar-refractivity contribution in [1.82, 2.24) is 13.9 Å². The van der Waals surface area contributed by atoms with Gasteiger partial charge in [0.15, 0.2) is 4.90 Å². The van der Waals surface area contributed by atoms with E-state index in [0.717, 1.165) is 15.3 Å². The van der Waals surface area contributed by atoms with Crippen LogP contribution in [0.2, 0.25) is 0 Å². The summed E-state index contributed by atoms with van der Waals surface area (Å²) in [6.45, 7) is 1.30. The van der Waals surface area contributed by atoms with E-state index in [2.05, 4.69) is 4.72 Å². The third-order valence-corrected chi connectivity index (χ3v) is 4.17. The van der Waals surface area contributed by atoms with Crippen LogP contribution in [0.15, 0.2) is 20.7 Å². The van der Waals surface area contributed by atoms with Crippen molar-refractivity contribution >= 4 is 10.0 Å². The molecule has 120 valence electrons. The van der Waals surface area contributed by atoms with Crippen LogP contribution in [-0.4, -0.2) is 43.9 Å². The maximum absolute atomic E-state index is 12.1. The molecule has 3 N–H and O–H groups in total. The zero-order valence-electron chi connectivity index (χ0n) is 12.0. The first kappa shape index (κ1) is 17.6. The van der Waals surface area contributed by atoms with Crippen molar-refractivity contribution in [3.05, 3.63) is 27.0 Å². The van der Waals surface area contributed by atoms with Crippen molar-refractivity contribution in [2.24, 2.45) is 19.8 Å². The minimum absolute atomic E-state index is 0.124. The molecule has 0 saturated heterocycles. The number of aromatic nitrogens is 2. The lowest BCUT2D eigenvalue weighted by Crippen LogP contribution is -2.41. The fourth-order valence-electron chi connectivity index (χ4n) is 1.60. The van der Waals surface area contributed by atoms with E-state index in [1.54, 1.807) is 0 Å². The van der Waals surface area contributed by atoms with Crippen molar-refractivity contribution in [1.29, 1.82) is 0 Å². The molecule has 0 saturated carbocycles. The summed E-state index contributed by atoms with van der Waals surface area (Å²) in [5.74, 6) is 0. The third kappa shape index (κ3) is 4.49. The Kier molecular flexibility index (Phi) is 6.27. The molecular weight excluding hydrogens is 300 g/mol. The van der Waals surface area contributed by atoms with Gasteiger partial charge in [-0.25, -0.2) is 17.9 Å². The zero-order valence-corrected chi connectivity index (χ0v) is 12.9. The molecule has 0 fully saturated rings. The summed E-state index contributed by atoms with van der Waals surface area (Å²) in [6.07, 6.45) is 1.46. The molecule has 0 aromatic carbocycles. The van der Waals surface area contributed by atoms with Crippen LogP contribution >= 0.6 is 0 Å². The monoisotopic (exact) mass is 320 g/mol. The van der Waals surface area contributed by atoms with Gasteiger partial charge in [-0.05, 0) is 6.42 Å². The van der Waals surface area contributed by atoms with Crippen LogP contribution in [0.1, 0.15) is 6.42 Å². The van der Waals surface area contributed by atoms with Crippen molar-refractivity contribution in [3.63, 3.8) is 0 Å². The van der Waals surface area contributed by atoms with Crippen molar-refractivity contribution in [2.75, 3.05) is 26.3 Å². The molecule has 0 aliphatic heterocycles. The summed E-state index contributed by atoms with van der Waals surface area (Å²) in [7, 11) is -1.37. The summed E-state index contributed by atoms with van der Waals surface area (Å²) >= 11 is 0. The predicted octanol–water partition coefficient (Wildman–Crippen LogP) is -2.27. The van der Waals surface area contributed by atoms with E-state index in [9.17, 15) is 18.0 Å². The van der Waals surface area contributed by atoms with Crippen LogP contribution in [-0.2, 0) is 28.9 Å². The summed E-state index contributed by atoms with van der Waals surface area (Å²) in [5, 5.41) is 0. The van der Waals surface area contributed by atoms with Crippen LogP contribution in [0.4, 0.5) is 0 Å². The van der Waals surface area contributed by atoms with Crippen LogP contribution in [0.5, 0.6) is 0 Å². The van der Waals surface area contributed by atoms with Gasteiger partial charge in [0.25, 0.3) is 5.56 Å². The second kappa shape index (κ2) is 7.50. The number of hydrogen-bond acceptors (Lipinski definition) is 6. The van der Waals surface area contributed by atoms with Crippen molar-refractivity contribution < 1.29 is 13.2 Å². The highest BCUT2D eigenvalue weighted by atomic mass is 32.2. The van der Waals surface area contributed by atoms with Gasteiger partial charge in [0.1, 0.15) is 0 Å². The highest BCUT2D eigenvalue weighted by Crippen LogP contribution is 1.99. The Morgan fingerprint density at radius 1 is 1.29 bits per heavy atom. The van der Waals surface area contributed by atoms with Gasteiger partial charge in [0.05, 0.1) is 6.61 Å². The van der Waals surface area contributed by atoms with Gasteiger partial charge in [-0.3, -0.25) is 9.36 Å². The molecule has 0 atom stereocenters. The number of rotatable bonds is 8. The van der Waals surface area contributed by atoms with Gasteiger partial charge in [-0.15, -0.1) is 0 Å². The van der Waals surface area contributed by atoms with Crippen LogP contribution in [0, 0.1) is 0 Å². The normalized spacial score (nSPS) is 11.8. The minimum atomic E-state index is -3.97. The van der Waals surface area contributed by atoms with E-state index in [4.69, 9.17) is 10.5 Å². The number of hydrogen-bond donors (Lipinski definition) is 2. The van der Waals surface area contributed by atoms with Gasteiger partial charge in [-0.1, -0.05) is 0 Å². The van der Waals surface area contributed by atoms with E-state index < -0.39 is 26.2 Å². The predicted molar refractivity (Wildman–Crippen MR) is 76.6 cm³/mol. The standard InChI is InChI=1S/C11H20N4O5S/c1-14-8-9(10(16)15(2)11(14)17)21(18,19)13-5-3-6-20-7-4-12/h8,13H,3-7,12H2,1-2H3. The second-order valence-corrected chi connectivity index (χ2v) is 6.14. The van der Waals surface area contributed by atoms with E-state index >= 15 is 0 Å². The lowest BCUT2D eigenvalue weighted by Gasteiger charge is -2.09. The van der Waals surface area contributed by atoms with E-state index in [1.165, 1.54) is 14.1 Å². The Bertz CT molecular complexity index is 692. The highest BCUT2D eigenvalue weighted by molar-refractivity contribution is 7.89. The Morgan fingerprint density at radius 3 is 2.57 bits per heavy atom. The van der Waals surface area contributed by atoms with Crippen molar-refractivity contribution in [2.45, 2.75) is 11.3 Å². The molecule has 1 rings (SSSR count). The molecule has 1 aromatic rings. The molecule has 9 nitrogen and oxygen atoms in total. The highest BCUT2D eigenvalue weighted by Gasteiger charge is 2.20. The van der Waals surface area contributed by atoms with Crippen LogP contribution < -0.4 is 21.7 Å². The molecule has 21 heavy (non-hydrogen) atoms. The fraction of sp³-hybridized carbons (Fsp3) is 0.636. The number of sulfonamides is 1. The minimum Gasteiger partial charge on any atom is -0.380 e. The summed E-state index contributed by atoms with van der Waals surface area (Å²) in [4.78, 5) is 22.9. The van der Waals surface area contributed by atoms with Gasteiger partial charge in [-0.2, -0.15) is 0 Å². The first-order valence-corrected chi connectivity index (χ1v) is 7.83. The van der Waals surface area contributed by atoms with Gasteiger partial charge >= 0.3 is 5.69 Å². The van der Waals surface area contributed by atoms with Crippen LogP contribution in [0.3, 0.4) is 0 Å². The number of nitrogens with one attached hydrogen (secondary N) is 1. The molecule has 1 heterocycles. The van der Waals surface area contributed by atoms with Gasteiger partial charge < -0.3 is 15.0 Å². The molecular formula is C11H20N4O5S. The maximum atomic E-state index is 12.1. The number of ether oxygens (including phenoxy) is 1.